The molecule has 0 saturated carbocycles. The van der Waals surface area contributed by atoms with Gasteiger partial charge in [0.2, 0.25) is 0 Å². The molecular weight excluding hydrogens is 775 g/mol. The Labute approximate surface area is 379 Å². The van der Waals surface area contributed by atoms with Crippen LogP contribution < -0.4 is 26.4 Å². The molecule has 4 heterocycles. The molecule has 0 radical (unpaired) electrons. The van der Waals surface area contributed by atoms with E-state index in [0.717, 1.165) is 41.1 Å². The summed E-state index contributed by atoms with van der Waals surface area (Å²) in [5.41, 5.74) is 24.4. The first-order chi connectivity index (χ1) is 30.5. The molecule has 7 aromatic carbocycles. The lowest BCUT2D eigenvalue weighted by atomic mass is 9.35. The predicted molar refractivity (Wildman–Crippen MR) is 272 cm³/mol. The van der Waals surface area contributed by atoms with Crippen LogP contribution in [0.3, 0.4) is 0 Å². The van der Waals surface area contributed by atoms with Crippen molar-refractivity contribution in [1.29, 1.82) is 0 Å². The Morgan fingerprint density at radius 3 is 1.94 bits per heavy atom. The molecule has 8 aromatic rings. The maximum Gasteiger partial charge on any atom is 0.297 e. The standard InChI is InChI=1S/C60H57BN2O/c1-36-27-51-54-52(28-36)63-45-31-39(37-15-12-11-13-16-37)29-40(32-45)38-17-14-18-43(30-38)60(10)26-25-59(8,9)47-35-53-46(34-48(47)60)55(63)56(64-53)61(54)49-33-42(58(5,6)7)21-24-50(49)62(51)44-22-19-41(20-23-44)57(2,3)4/h11-24,27-35H,25-26H2,1-10H3. The lowest BCUT2D eigenvalue weighted by Crippen LogP contribution is -2.61. The largest absolute Gasteiger partial charge is 0.468 e. The van der Waals surface area contributed by atoms with Gasteiger partial charge in [0.25, 0.3) is 6.71 Å². The number of aryl methyl sites for hydroxylation is 1. The van der Waals surface area contributed by atoms with Crippen LogP contribution in [-0.2, 0) is 21.7 Å². The maximum atomic E-state index is 7.61. The van der Waals surface area contributed by atoms with E-state index >= 15 is 0 Å². The SMILES string of the molecule is Cc1cc2c3c(c1)N1c4cc(-c5ccccc5)cc(c4)-c4cccc(c4)C4(C)CCC(C)(C)c5cc6oc(c1c6cc54)B3c1cc(C(C)(C)C)ccc1N2c1ccc(C(C)(C)C)cc1. The van der Waals surface area contributed by atoms with Crippen molar-refractivity contribution in [2.24, 2.45) is 0 Å². The molecule has 0 amide bonds. The second-order valence-electron chi connectivity index (χ2n) is 22.3. The van der Waals surface area contributed by atoms with Gasteiger partial charge in [-0.2, -0.15) is 0 Å². The molecule has 316 valence electrons. The second kappa shape index (κ2) is 13.2. The van der Waals surface area contributed by atoms with Gasteiger partial charge in [0.15, 0.2) is 0 Å². The van der Waals surface area contributed by atoms with Crippen molar-refractivity contribution in [3.05, 3.63) is 173 Å². The Kier molecular flexibility index (Phi) is 8.09. The molecule has 1 aliphatic carbocycles. The van der Waals surface area contributed by atoms with E-state index < -0.39 is 0 Å². The van der Waals surface area contributed by atoms with Crippen LogP contribution in [0.5, 0.6) is 0 Å². The van der Waals surface area contributed by atoms with Crippen LogP contribution in [0.4, 0.5) is 34.1 Å². The first kappa shape index (κ1) is 39.3. The van der Waals surface area contributed by atoms with Crippen molar-refractivity contribution in [3.63, 3.8) is 0 Å². The normalized spacial score (nSPS) is 17.8. The van der Waals surface area contributed by atoms with Crippen molar-refractivity contribution in [2.75, 3.05) is 9.80 Å². The number of nitrogens with zero attached hydrogens (tertiary/aromatic N) is 2. The number of hydrogen-bond donors (Lipinski definition) is 0. The van der Waals surface area contributed by atoms with Crippen LogP contribution >= 0.6 is 0 Å². The van der Waals surface area contributed by atoms with Gasteiger partial charge >= 0.3 is 0 Å². The van der Waals surface area contributed by atoms with E-state index in [-0.39, 0.29) is 28.4 Å². The molecule has 1 unspecified atom stereocenters. The van der Waals surface area contributed by atoms with Gasteiger partial charge in [0, 0.05) is 39.2 Å². The fourth-order valence-corrected chi connectivity index (χ4v) is 11.7. The van der Waals surface area contributed by atoms with Crippen molar-refractivity contribution in [3.8, 4) is 22.3 Å². The van der Waals surface area contributed by atoms with Gasteiger partial charge < -0.3 is 14.2 Å². The van der Waals surface area contributed by atoms with Gasteiger partial charge in [-0.3, -0.25) is 0 Å². The maximum absolute atomic E-state index is 7.61. The van der Waals surface area contributed by atoms with Crippen molar-refractivity contribution in [2.45, 2.75) is 104 Å². The van der Waals surface area contributed by atoms with E-state index in [1.54, 1.807) is 0 Å². The Bertz CT molecular complexity index is 3250. The molecule has 0 N–H and O–H groups in total. The summed E-state index contributed by atoms with van der Waals surface area (Å²) in [5, 5.41) is 1.18. The molecule has 0 saturated heterocycles. The summed E-state index contributed by atoms with van der Waals surface area (Å²) < 4.78 is 7.61. The van der Waals surface area contributed by atoms with Crippen LogP contribution in [0.1, 0.15) is 109 Å². The number of benzene rings is 7. The van der Waals surface area contributed by atoms with Crippen LogP contribution in [0.2, 0.25) is 0 Å². The highest BCUT2D eigenvalue weighted by molar-refractivity contribution is 7.00. The van der Waals surface area contributed by atoms with Crippen molar-refractivity contribution in [1.82, 2.24) is 0 Å². The lowest BCUT2D eigenvalue weighted by molar-refractivity contribution is 0.350. The Morgan fingerprint density at radius 2 is 1.22 bits per heavy atom. The summed E-state index contributed by atoms with van der Waals surface area (Å²) in [6, 6.07) is 54.0. The average Bonchev–Trinajstić information content (AvgIpc) is 3.64. The Hall–Kier alpha value is -6.26. The van der Waals surface area contributed by atoms with Crippen LogP contribution in [0, 0.1) is 6.92 Å². The molecule has 0 spiro atoms. The van der Waals surface area contributed by atoms with Gasteiger partial charge in [0.05, 0.1) is 11.3 Å². The molecule has 4 heteroatoms. The summed E-state index contributed by atoms with van der Waals surface area (Å²) in [7, 11) is 0. The second-order valence-corrected chi connectivity index (χ2v) is 22.3. The third-order valence-electron chi connectivity index (χ3n) is 15.5. The van der Waals surface area contributed by atoms with Crippen LogP contribution in [-0.4, -0.2) is 6.71 Å². The minimum Gasteiger partial charge on any atom is -0.468 e. The highest BCUT2D eigenvalue weighted by atomic mass is 16.3. The third kappa shape index (κ3) is 5.66. The number of hydrogen-bond acceptors (Lipinski definition) is 3. The molecule has 12 rings (SSSR count). The van der Waals surface area contributed by atoms with Crippen molar-refractivity contribution < 1.29 is 4.42 Å². The molecule has 3 nitrogen and oxygen atoms in total. The van der Waals surface area contributed by atoms with E-state index in [4.69, 9.17) is 4.42 Å². The lowest BCUT2D eigenvalue weighted by Gasteiger charge is -2.44. The Balaban J connectivity index is 1.24. The summed E-state index contributed by atoms with van der Waals surface area (Å²) in [4.78, 5) is 5.12. The van der Waals surface area contributed by atoms with Gasteiger partial charge in [0.1, 0.15) is 5.58 Å². The van der Waals surface area contributed by atoms with Gasteiger partial charge in [-0.15, -0.1) is 0 Å². The number of fused-ring (bicyclic) bond motifs is 11. The summed E-state index contributed by atoms with van der Waals surface area (Å²) in [5.74, 6) is 0. The minimum absolute atomic E-state index is 0.00505. The zero-order valence-electron chi connectivity index (χ0n) is 39.1. The quantitative estimate of drug-likeness (QED) is 0.162. The molecule has 1 aromatic heterocycles. The van der Waals surface area contributed by atoms with Crippen LogP contribution in [0.25, 0.3) is 33.2 Å². The third-order valence-corrected chi connectivity index (χ3v) is 15.5. The highest BCUT2D eigenvalue weighted by Crippen LogP contribution is 2.54. The molecule has 4 aliphatic rings. The van der Waals surface area contributed by atoms with E-state index in [1.807, 2.05) is 0 Å². The van der Waals surface area contributed by atoms with E-state index in [1.165, 1.54) is 89.0 Å². The highest BCUT2D eigenvalue weighted by Gasteiger charge is 2.49. The number of anilines is 6. The number of rotatable bonds is 2. The predicted octanol–water partition coefficient (Wildman–Crippen LogP) is 14.4. The van der Waals surface area contributed by atoms with Crippen LogP contribution in [0.15, 0.2) is 144 Å². The Morgan fingerprint density at radius 1 is 0.547 bits per heavy atom. The zero-order valence-corrected chi connectivity index (χ0v) is 39.1. The topological polar surface area (TPSA) is 19.6 Å². The summed E-state index contributed by atoms with van der Waals surface area (Å²) in [6.45, 7) is 23.4. The minimum atomic E-state index is -0.179. The molecule has 1 atom stereocenters. The molecule has 64 heavy (non-hydrogen) atoms. The smallest absolute Gasteiger partial charge is 0.297 e. The van der Waals surface area contributed by atoms with Crippen molar-refractivity contribution >= 4 is 68.4 Å². The molecular formula is C60H57BN2O. The van der Waals surface area contributed by atoms with Gasteiger partial charge in [-0.05, 0) is 163 Å². The monoisotopic (exact) mass is 832 g/mol. The van der Waals surface area contributed by atoms with Gasteiger partial charge in [-0.1, -0.05) is 141 Å². The van der Waals surface area contributed by atoms with E-state index in [2.05, 4.69) is 219 Å². The fourth-order valence-electron chi connectivity index (χ4n) is 11.7. The van der Waals surface area contributed by atoms with E-state index in [9.17, 15) is 0 Å². The fraction of sp³-hybridized carbons (Fsp3) is 0.267. The molecule has 0 fully saturated rings. The van der Waals surface area contributed by atoms with E-state index in [0.29, 0.717) is 0 Å². The molecule has 6 bridgehead atoms. The number of furan rings is 1. The first-order valence-corrected chi connectivity index (χ1v) is 23.4. The first-order valence-electron chi connectivity index (χ1n) is 23.4. The average molecular weight is 833 g/mol. The van der Waals surface area contributed by atoms with Gasteiger partial charge in [-0.25, -0.2) is 0 Å². The molecule has 3 aliphatic heterocycles. The summed E-state index contributed by atoms with van der Waals surface area (Å²) in [6.07, 6.45) is 2.17. The summed E-state index contributed by atoms with van der Waals surface area (Å²) >= 11 is 0. The zero-order chi connectivity index (χ0) is 44.2.